The average Bonchev–Trinajstić information content (AvgIpc) is 3.05. The minimum atomic E-state index is -3.88. The van der Waals surface area contributed by atoms with Crippen LogP contribution >= 0.6 is 0 Å². The summed E-state index contributed by atoms with van der Waals surface area (Å²) in [5.74, 6) is 0.695. The first-order valence-electron chi connectivity index (χ1n) is 7.65. The first kappa shape index (κ1) is 15.7. The average molecular weight is 332 g/mol. The number of hydrogen-bond donors (Lipinski definition) is 2. The van der Waals surface area contributed by atoms with Gasteiger partial charge in [0.15, 0.2) is 0 Å². The zero-order chi connectivity index (χ0) is 16.4. The van der Waals surface area contributed by atoms with Crippen molar-refractivity contribution in [2.45, 2.75) is 36.5 Å². The van der Waals surface area contributed by atoms with Gasteiger partial charge in [0.1, 0.15) is 10.6 Å². The van der Waals surface area contributed by atoms with Crippen molar-refractivity contribution < 1.29 is 12.6 Å². The molecule has 1 aliphatic rings. The van der Waals surface area contributed by atoms with Crippen molar-refractivity contribution in [3.8, 4) is 5.75 Å². The molecular formula is C17H20N2O3S. The van der Waals surface area contributed by atoms with E-state index in [1.807, 2.05) is 12.1 Å². The highest BCUT2D eigenvalue weighted by Gasteiger charge is 2.20. The van der Waals surface area contributed by atoms with E-state index in [9.17, 15) is 8.42 Å². The molecule has 0 aromatic heterocycles. The Labute approximate surface area is 136 Å². The van der Waals surface area contributed by atoms with Gasteiger partial charge in [0, 0.05) is 6.07 Å². The maximum absolute atomic E-state index is 12.3. The molecule has 2 aromatic rings. The first-order chi connectivity index (χ1) is 11.0. The monoisotopic (exact) mass is 332 g/mol. The van der Waals surface area contributed by atoms with Gasteiger partial charge in [0.25, 0.3) is 0 Å². The number of rotatable bonds is 4. The van der Waals surface area contributed by atoms with Crippen LogP contribution in [0.15, 0.2) is 47.4 Å². The number of anilines is 2. The molecule has 0 bridgehead atoms. The fourth-order valence-electron chi connectivity index (χ4n) is 2.95. The van der Waals surface area contributed by atoms with Crippen molar-refractivity contribution >= 4 is 21.5 Å². The lowest BCUT2D eigenvalue weighted by molar-refractivity contribution is 0.486. The van der Waals surface area contributed by atoms with Crippen molar-refractivity contribution in [3.05, 3.63) is 48.0 Å². The third kappa shape index (κ3) is 3.42. The third-order valence-corrected chi connectivity index (χ3v) is 5.52. The highest BCUT2D eigenvalue weighted by Crippen LogP contribution is 2.34. The molecule has 0 heterocycles. The molecule has 1 fully saturated rings. The molecular weight excluding hydrogens is 312 g/mol. The molecule has 6 heteroatoms. The Kier molecular flexibility index (Phi) is 4.17. The van der Waals surface area contributed by atoms with Crippen molar-refractivity contribution in [1.82, 2.24) is 0 Å². The smallest absolute Gasteiger partial charge is 0.339 e. The minimum Gasteiger partial charge on any atom is -0.397 e. The fourth-order valence-corrected chi connectivity index (χ4v) is 3.87. The lowest BCUT2D eigenvalue weighted by Gasteiger charge is -2.11. The van der Waals surface area contributed by atoms with Crippen molar-refractivity contribution in [3.63, 3.8) is 0 Å². The molecule has 3 rings (SSSR count). The standard InChI is InChI=1S/C17H20N2O3S/c18-16-10-7-14(11-17(16)19)22-23(20,21)15-8-5-13(6-9-15)12-3-1-2-4-12/h5-12H,1-4,18-19H2. The summed E-state index contributed by atoms with van der Waals surface area (Å²) in [6.45, 7) is 0. The quantitative estimate of drug-likeness (QED) is 0.662. The van der Waals surface area contributed by atoms with Gasteiger partial charge in [-0.15, -0.1) is 0 Å². The molecule has 1 aliphatic carbocycles. The van der Waals surface area contributed by atoms with Crippen molar-refractivity contribution in [1.29, 1.82) is 0 Å². The minimum absolute atomic E-state index is 0.134. The Bertz CT molecular complexity index is 795. The largest absolute Gasteiger partial charge is 0.397 e. The second-order valence-electron chi connectivity index (χ2n) is 5.88. The van der Waals surface area contributed by atoms with Crippen molar-refractivity contribution in [2.75, 3.05) is 11.5 Å². The lowest BCUT2D eigenvalue weighted by atomic mass is 9.98. The second-order valence-corrected chi connectivity index (χ2v) is 7.42. The van der Waals surface area contributed by atoms with Gasteiger partial charge in [0.05, 0.1) is 11.4 Å². The van der Waals surface area contributed by atoms with E-state index in [1.165, 1.54) is 49.4 Å². The summed E-state index contributed by atoms with van der Waals surface area (Å²) in [5.41, 5.74) is 13.1. The summed E-state index contributed by atoms with van der Waals surface area (Å²) in [5, 5.41) is 0. The molecule has 0 saturated heterocycles. The van der Waals surface area contributed by atoms with Crippen LogP contribution in [0, 0.1) is 0 Å². The number of nitrogen functional groups attached to an aromatic ring is 2. The van der Waals surface area contributed by atoms with Crippen LogP contribution in [0.4, 0.5) is 11.4 Å². The summed E-state index contributed by atoms with van der Waals surface area (Å²) in [6, 6.07) is 11.4. The summed E-state index contributed by atoms with van der Waals surface area (Å²) >= 11 is 0. The van der Waals surface area contributed by atoms with Crippen LogP contribution in [0.5, 0.6) is 5.75 Å². The third-order valence-electron chi connectivity index (χ3n) is 4.26. The topological polar surface area (TPSA) is 95.4 Å². The van der Waals surface area contributed by atoms with Gasteiger partial charge in [-0.1, -0.05) is 25.0 Å². The first-order valence-corrected chi connectivity index (χ1v) is 9.06. The number of hydrogen-bond acceptors (Lipinski definition) is 5. The van der Waals surface area contributed by atoms with E-state index in [1.54, 1.807) is 12.1 Å². The van der Waals surface area contributed by atoms with E-state index < -0.39 is 10.1 Å². The normalized spacial score (nSPS) is 15.7. The van der Waals surface area contributed by atoms with Gasteiger partial charge < -0.3 is 15.7 Å². The van der Waals surface area contributed by atoms with Gasteiger partial charge in [-0.05, 0) is 48.6 Å². The van der Waals surface area contributed by atoms with E-state index >= 15 is 0 Å². The van der Waals surface area contributed by atoms with Gasteiger partial charge in [-0.3, -0.25) is 0 Å². The molecule has 0 atom stereocenters. The number of benzene rings is 2. The zero-order valence-electron chi connectivity index (χ0n) is 12.7. The summed E-state index contributed by atoms with van der Waals surface area (Å²) in [6.07, 6.45) is 4.83. The van der Waals surface area contributed by atoms with Crippen LogP contribution in [0.3, 0.4) is 0 Å². The molecule has 23 heavy (non-hydrogen) atoms. The Morgan fingerprint density at radius 3 is 2.17 bits per heavy atom. The van der Waals surface area contributed by atoms with Crippen LogP contribution in [0.25, 0.3) is 0 Å². The lowest BCUT2D eigenvalue weighted by Crippen LogP contribution is -2.10. The van der Waals surface area contributed by atoms with E-state index in [4.69, 9.17) is 15.7 Å². The van der Waals surface area contributed by atoms with E-state index in [2.05, 4.69) is 0 Å². The molecule has 5 nitrogen and oxygen atoms in total. The summed E-state index contributed by atoms with van der Waals surface area (Å²) in [4.78, 5) is 0.134. The number of nitrogens with two attached hydrogens (primary N) is 2. The molecule has 2 aromatic carbocycles. The van der Waals surface area contributed by atoms with Crippen molar-refractivity contribution in [2.24, 2.45) is 0 Å². The van der Waals surface area contributed by atoms with Crippen LogP contribution < -0.4 is 15.7 Å². The van der Waals surface area contributed by atoms with Crippen LogP contribution in [-0.2, 0) is 10.1 Å². The maximum Gasteiger partial charge on any atom is 0.339 e. The SMILES string of the molecule is Nc1ccc(OS(=O)(=O)c2ccc(C3CCCC3)cc2)cc1N. The highest BCUT2D eigenvalue weighted by atomic mass is 32.2. The second kappa shape index (κ2) is 6.12. The van der Waals surface area contributed by atoms with E-state index in [0.29, 0.717) is 11.6 Å². The molecule has 0 radical (unpaired) electrons. The Morgan fingerprint density at radius 1 is 0.913 bits per heavy atom. The van der Waals surface area contributed by atoms with Crippen LogP contribution in [0.1, 0.15) is 37.2 Å². The highest BCUT2D eigenvalue weighted by molar-refractivity contribution is 7.87. The molecule has 0 amide bonds. The zero-order valence-corrected chi connectivity index (χ0v) is 13.6. The molecule has 0 unspecified atom stereocenters. The van der Waals surface area contributed by atoms with Gasteiger partial charge in [-0.2, -0.15) is 8.42 Å². The molecule has 0 aliphatic heterocycles. The van der Waals surface area contributed by atoms with Crippen LogP contribution in [-0.4, -0.2) is 8.42 Å². The van der Waals surface area contributed by atoms with Gasteiger partial charge in [-0.25, -0.2) is 0 Å². The summed E-state index contributed by atoms with van der Waals surface area (Å²) in [7, 11) is -3.88. The van der Waals surface area contributed by atoms with E-state index in [0.717, 1.165) is 0 Å². The molecule has 4 N–H and O–H groups in total. The van der Waals surface area contributed by atoms with E-state index in [-0.39, 0.29) is 16.3 Å². The fraction of sp³-hybridized carbons (Fsp3) is 0.294. The van der Waals surface area contributed by atoms with Crippen LogP contribution in [0.2, 0.25) is 0 Å². The Balaban J connectivity index is 1.80. The van der Waals surface area contributed by atoms with Gasteiger partial charge in [0.2, 0.25) is 0 Å². The predicted molar refractivity (Wildman–Crippen MR) is 90.7 cm³/mol. The maximum atomic E-state index is 12.3. The molecule has 1 saturated carbocycles. The van der Waals surface area contributed by atoms with Gasteiger partial charge >= 0.3 is 10.1 Å². The Morgan fingerprint density at radius 2 is 1.57 bits per heavy atom. The molecule has 0 spiro atoms. The summed E-state index contributed by atoms with van der Waals surface area (Å²) < 4.78 is 29.8. The predicted octanol–water partition coefficient (Wildman–Crippen LogP) is 3.28. The molecule has 122 valence electrons. The Hall–Kier alpha value is -2.21.